The van der Waals surface area contributed by atoms with E-state index in [9.17, 15) is 0 Å². The van der Waals surface area contributed by atoms with Gasteiger partial charge in [0.1, 0.15) is 17.6 Å². The van der Waals surface area contributed by atoms with E-state index in [1.165, 1.54) is 0 Å². The third-order valence-corrected chi connectivity index (χ3v) is 3.09. The van der Waals surface area contributed by atoms with E-state index in [2.05, 4.69) is 16.4 Å². The van der Waals surface area contributed by atoms with E-state index in [0.717, 1.165) is 17.1 Å². The minimum absolute atomic E-state index is 0.540. The quantitative estimate of drug-likeness (QED) is 0.913. The van der Waals surface area contributed by atoms with Gasteiger partial charge in [-0.05, 0) is 29.8 Å². The number of nitrogens with one attached hydrogen (secondary N) is 1. The summed E-state index contributed by atoms with van der Waals surface area (Å²) in [7, 11) is 5.47. The fourth-order valence-electron chi connectivity index (χ4n) is 1.91. The Labute approximate surface area is 124 Å². The fraction of sp³-hybridized carbons (Fsp3) is 0.250. The zero-order valence-electron chi connectivity index (χ0n) is 12.4. The Balaban J connectivity index is 2.04. The first-order valence-electron chi connectivity index (χ1n) is 6.58. The van der Waals surface area contributed by atoms with Gasteiger partial charge in [-0.3, -0.25) is 0 Å². The van der Waals surface area contributed by atoms with Crippen molar-refractivity contribution in [1.82, 2.24) is 4.98 Å². The molecular formula is C16H18N4O. The van der Waals surface area contributed by atoms with Crippen molar-refractivity contribution in [3.63, 3.8) is 0 Å². The summed E-state index contributed by atoms with van der Waals surface area (Å²) in [4.78, 5) is 6.29. The number of rotatable bonds is 5. The third-order valence-electron chi connectivity index (χ3n) is 3.09. The Morgan fingerprint density at radius 3 is 2.67 bits per heavy atom. The number of anilines is 2. The number of benzene rings is 1. The van der Waals surface area contributed by atoms with Crippen LogP contribution in [-0.4, -0.2) is 26.2 Å². The second kappa shape index (κ2) is 6.62. The SMILES string of the molecule is COc1ccc(CNc2ccc(N(C)C)nc2)cc1C#N. The molecule has 5 nitrogen and oxygen atoms in total. The summed E-state index contributed by atoms with van der Waals surface area (Å²) >= 11 is 0. The zero-order valence-corrected chi connectivity index (χ0v) is 12.4. The van der Waals surface area contributed by atoms with Crippen LogP contribution in [0.1, 0.15) is 11.1 Å². The first kappa shape index (κ1) is 14.7. The molecule has 2 aromatic rings. The van der Waals surface area contributed by atoms with Crippen LogP contribution in [-0.2, 0) is 6.54 Å². The molecular weight excluding hydrogens is 264 g/mol. The van der Waals surface area contributed by atoms with Crippen LogP contribution in [0, 0.1) is 11.3 Å². The summed E-state index contributed by atoms with van der Waals surface area (Å²) in [6.07, 6.45) is 1.80. The largest absolute Gasteiger partial charge is 0.495 e. The van der Waals surface area contributed by atoms with Crippen LogP contribution in [0.15, 0.2) is 36.5 Å². The van der Waals surface area contributed by atoms with Crippen molar-refractivity contribution in [2.45, 2.75) is 6.54 Å². The van der Waals surface area contributed by atoms with Crippen molar-refractivity contribution in [3.8, 4) is 11.8 Å². The number of aromatic nitrogens is 1. The van der Waals surface area contributed by atoms with Gasteiger partial charge in [0.25, 0.3) is 0 Å². The van der Waals surface area contributed by atoms with Gasteiger partial charge in [-0.1, -0.05) is 6.07 Å². The van der Waals surface area contributed by atoms with E-state index in [4.69, 9.17) is 10.00 Å². The summed E-state index contributed by atoms with van der Waals surface area (Å²) in [6, 6.07) is 11.6. The molecule has 0 atom stereocenters. The molecule has 1 aromatic heterocycles. The van der Waals surface area contributed by atoms with Crippen molar-refractivity contribution < 1.29 is 4.74 Å². The molecule has 1 aromatic carbocycles. The summed E-state index contributed by atoms with van der Waals surface area (Å²) < 4.78 is 5.13. The molecule has 0 spiro atoms. The second-order valence-electron chi connectivity index (χ2n) is 4.80. The highest BCUT2D eigenvalue weighted by molar-refractivity contribution is 5.49. The molecule has 108 valence electrons. The van der Waals surface area contributed by atoms with Gasteiger partial charge >= 0.3 is 0 Å². The molecule has 0 aliphatic carbocycles. The van der Waals surface area contributed by atoms with Crippen LogP contribution >= 0.6 is 0 Å². The maximum Gasteiger partial charge on any atom is 0.136 e. The number of hydrogen-bond acceptors (Lipinski definition) is 5. The molecule has 0 amide bonds. The van der Waals surface area contributed by atoms with Crippen molar-refractivity contribution in [1.29, 1.82) is 5.26 Å². The molecule has 0 fully saturated rings. The molecule has 1 heterocycles. The van der Waals surface area contributed by atoms with Crippen molar-refractivity contribution in [2.24, 2.45) is 0 Å². The number of pyridine rings is 1. The van der Waals surface area contributed by atoms with Crippen LogP contribution < -0.4 is 15.0 Å². The Morgan fingerprint density at radius 2 is 2.10 bits per heavy atom. The highest BCUT2D eigenvalue weighted by Gasteiger charge is 2.04. The summed E-state index contributed by atoms with van der Waals surface area (Å²) in [5.41, 5.74) is 2.50. The predicted octanol–water partition coefficient (Wildman–Crippen LogP) is 2.64. The number of methoxy groups -OCH3 is 1. The smallest absolute Gasteiger partial charge is 0.136 e. The van der Waals surface area contributed by atoms with E-state index >= 15 is 0 Å². The first-order valence-corrected chi connectivity index (χ1v) is 6.58. The van der Waals surface area contributed by atoms with E-state index in [-0.39, 0.29) is 0 Å². The molecule has 1 N–H and O–H groups in total. The Hall–Kier alpha value is -2.74. The predicted molar refractivity (Wildman–Crippen MR) is 83.6 cm³/mol. The van der Waals surface area contributed by atoms with E-state index < -0.39 is 0 Å². The minimum atomic E-state index is 0.540. The number of ether oxygens (including phenoxy) is 1. The molecule has 5 heteroatoms. The van der Waals surface area contributed by atoms with Crippen LogP contribution in [0.5, 0.6) is 5.75 Å². The van der Waals surface area contributed by atoms with Crippen molar-refractivity contribution in [3.05, 3.63) is 47.7 Å². The van der Waals surface area contributed by atoms with Gasteiger partial charge in [-0.15, -0.1) is 0 Å². The van der Waals surface area contributed by atoms with Gasteiger partial charge in [0.05, 0.1) is 24.6 Å². The Bertz CT molecular complexity index is 644. The monoisotopic (exact) mass is 282 g/mol. The molecule has 0 aliphatic heterocycles. The topological polar surface area (TPSA) is 61.2 Å². The van der Waals surface area contributed by atoms with Crippen LogP contribution in [0.2, 0.25) is 0 Å². The Kier molecular flexibility index (Phi) is 4.62. The first-order chi connectivity index (χ1) is 10.1. The maximum atomic E-state index is 9.08. The van der Waals surface area contributed by atoms with Crippen LogP contribution in [0.4, 0.5) is 11.5 Å². The maximum absolute atomic E-state index is 9.08. The average molecular weight is 282 g/mol. The van der Waals surface area contributed by atoms with E-state index in [1.54, 1.807) is 13.3 Å². The molecule has 0 radical (unpaired) electrons. The van der Waals surface area contributed by atoms with Gasteiger partial charge in [0.15, 0.2) is 0 Å². The van der Waals surface area contributed by atoms with Gasteiger partial charge in [0.2, 0.25) is 0 Å². The number of nitriles is 1. The molecule has 2 rings (SSSR count). The van der Waals surface area contributed by atoms with E-state index in [0.29, 0.717) is 17.9 Å². The van der Waals surface area contributed by atoms with Gasteiger partial charge in [-0.2, -0.15) is 5.26 Å². The van der Waals surface area contributed by atoms with E-state index in [1.807, 2.05) is 49.3 Å². The number of hydrogen-bond donors (Lipinski definition) is 1. The number of nitrogens with zero attached hydrogens (tertiary/aromatic N) is 3. The highest BCUT2D eigenvalue weighted by atomic mass is 16.5. The normalized spacial score (nSPS) is 9.81. The lowest BCUT2D eigenvalue weighted by Crippen LogP contribution is -2.10. The lowest BCUT2D eigenvalue weighted by Gasteiger charge is -2.12. The standard InChI is InChI=1S/C16H18N4O/c1-20(2)16-7-5-14(11-19-16)18-10-12-4-6-15(21-3)13(8-12)9-17/h4-8,11,18H,10H2,1-3H3. The molecule has 0 unspecified atom stereocenters. The van der Waals surface area contributed by atoms with Gasteiger partial charge in [-0.25, -0.2) is 4.98 Å². The van der Waals surface area contributed by atoms with Gasteiger partial charge < -0.3 is 15.0 Å². The molecule has 0 aliphatic rings. The fourth-order valence-corrected chi connectivity index (χ4v) is 1.91. The molecule has 21 heavy (non-hydrogen) atoms. The van der Waals surface area contributed by atoms with Gasteiger partial charge in [0, 0.05) is 20.6 Å². The lowest BCUT2D eigenvalue weighted by molar-refractivity contribution is 0.413. The molecule has 0 saturated heterocycles. The second-order valence-corrected chi connectivity index (χ2v) is 4.80. The average Bonchev–Trinajstić information content (AvgIpc) is 2.52. The lowest BCUT2D eigenvalue weighted by atomic mass is 10.1. The highest BCUT2D eigenvalue weighted by Crippen LogP contribution is 2.19. The van der Waals surface area contributed by atoms with Crippen LogP contribution in [0.25, 0.3) is 0 Å². The minimum Gasteiger partial charge on any atom is -0.495 e. The summed E-state index contributed by atoms with van der Waals surface area (Å²) in [5, 5.41) is 12.4. The third kappa shape index (κ3) is 3.63. The van der Waals surface area contributed by atoms with Crippen LogP contribution in [0.3, 0.4) is 0 Å². The van der Waals surface area contributed by atoms with Crippen molar-refractivity contribution in [2.75, 3.05) is 31.4 Å². The molecule has 0 saturated carbocycles. The summed E-state index contributed by atoms with van der Waals surface area (Å²) in [6.45, 7) is 0.627. The van der Waals surface area contributed by atoms with Crippen molar-refractivity contribution >= 4 is 11.5 Å². The Morgan fingerprint density at radius 1 is 1.29 bits per heavy atom. The zero-order chi connectivity index (χ0) is 15.2. The summed E-state index contributed by atoms with van der Waals surface area (Å²) in [5.74, 6) is 1.51. The molecule has 0 bridgehead atoms.